The summed E-state index contributed by atoms with van der Waals surface area (Å²) in [6.07, 6.45) is 0. The monoisotopic (exact) mass is 396 g/mol. The molecule has 0 bridgehead atoms. The smallest absolute Gasteiger partial charge is 0.203 e. The number of benzene rings is 1. The van der Waals surface area contributed by atoms with Crippen LogP contribution in [0.1, 0.15) is 15.2 Å². The van der Waals surface area contributed by atoms with Crippen molar-refractivity contribution in [1.29, 1.82) is 0 Å². The molecule has 0 aliphatic rings. The van der Waals surface area contributed by atoms with Crippen molar-refractivity contribution in [3.63, 3.8) is 0 Å². The third-order valence-corrected chi connectivity index (χ3v) is 5.17. The van der Waals surface area contributed by atoms with Crippen LogP contribution >= 0.6 is 54.8 Å². The zero-order valence-corrected chi connectivity index (χ0v) is 12.9. The highest BCUT2D eigenvalue weighted by atomic mass is 79.9. The van der Waals surface area contributed by atoms with Crippen LogP contribution in [0.5, 0.6) is 0 Å². The Balaban J connectivity index is 2.40. The molecule has 2 rings (SSSR count). The highest BCUT2D eigenvalue weighted by Gasteiger charge is 2.15. The first-order valence-corrected chi connectivity index (χ1v) is 7.21. The standard InChI is InChI=1S/C11H4Br2ClFOS/c12-6-2-1-5(3-8(6)15)10(16)9-4-7(13)11(14)17-9/h1-4H. The van der Waals surface area contributed by atoms with Gasteiger partial charge in [-0.3, -0.25) is 4.79 Å². The Morgan fingerprint density at radius 1 is 1.24 bits per heavy atom. The van der Waals surface area contributed by atoms with Crippen LogP contribution in [0.15, 0.2) is 33.2 Å². The van der Waals surface area contributed by atoms with Gasteiger partial charge in [-0.25, -0.2) is 4.39 Å². The van der Waals surface area contributed by atoms with Gasteiger partial charge in [0.05, 0.1) is 9.35 Å². The van der Waals surface area contributed by atoms with Crippen LogP contribution in [-0.2, 0) is 0 Å². The lowest BCUT2D eigenvalue weighted by atomic mass is 10.1. The van der Waals surface area contributed by atoms with E-state index in [0.29, 0.717) is 23.7 Å². The van der Waals surface area contributed by atoms with E-state index in [1.807, 2.05) is 0 Å². The molecule has 0 unspecified atom stereocenters. The molecule has 0 N–H and O–H groups in total. The van der Waals surface area contributed by atoms with E-state index in [2.05, 4.69) is 31.9 Å². The molecule has 17 heavy (non-hydrogen) atoms. The third kappa shape index (κ3) is 2.78. The second-order valence-electron chi connectivity index (χ2n) is 3.19. The fourth-order valence-corrected chi connectivity index (χ4v) is 3.15. The first-order chi connectivity index (χ1) is 7.99. The summed E-state index contributed by atoms with van der Waals surface area (Å²) in [5, 5.41) is 0. The van der Waals surface area contributed by atoms with E-state index >= 15 is 0 Å². The molecule has 0 atom stereocenters. The summed E-state index contributed by atoms with van der Waals surface area (Å²) < 4.78 is 14.8. The first kappa shape index (κ1) is 13.2. The molecule has 0 aliphatic carbocycles. The SMILES string of the molecule is O=C(c1ccc(Br)c(F)c1)c1cc(Br)c(Cl)s1. The third-order valence-electron chi connectivity index (χ3n) is 2.05. The van der Waals surface area contributed by atoms with Gasteiger partial charge in [0.2, 0.25) is 5.78 Å². The number of hydrogen-bond acceptors (Lipinski definition) is 2. The minimum Gasteiger partial charge on any atom is -0.288 e. The molecule has 88 valence electrons. The van der Waals surface area contributed by atoms with Crippen molar-refractivity contribution in [3.05, 3.63) is 53.8 Å². The Morgan fingerprint density at radius 3 is 2.47 bits per heavy atom. The van der Waals surface area contributed by atoms with Crippen molar-refractivity contribution in [2.75, 3.05) is 0 Å². The summed E-state index contributed by atoms with van der Waals surface area (Å²) in [5.74, 6) is -0.702. The largest absolute Gasteiger partial charge is 0.288 e. The molecular weight excluding hydrogens is 394 g/mol. The second-order valence-corrected chi connectivity index (χ2v) is 6.55. The summed E-state index contributed by atoms with van der Waals surface area (Å²) in [6, 6.07) is 5.91. The van der Waals surface area contributed by atoms with Crippen molar-refractivity contribution >= 4 is 60.6 Å². The summed E-state index contributed by atoms with van der Waals surface area (Å²) in [4.78, 5) is 12.5. The molecule has 0 spiro atoms. The van der Waals surface area contributed by atoms with Gasteiger partial charge in [0, 0.05) is 10.0 Å². The molecule has 0 radical (unpaired) electrons. The van der Waals surface area contributed by atoms with Crippen LogP contribution in [0.3, 0.4) is 0 Å². The minimum absolute atomic E-state index is 0.242. The number of thiophene rings is 1. The molecule has 0 saturated heterocycles. The Labute approximate surface area is 123 Å². The van der Waals surface area contributed by atoms with Crippen LogP contribution in [0, 0.1) is 5.82 Å². The zero-order valence-electron chi connectivity index (χ0n) is 8.14. The fraction of sp³-hybridized carbons (Fsp3) is 0. The number of halogens is 4. The molecule has 0 amide bonds. The van der Waals surface area contributed by atoms with Gasteiger partial charge in [-0.05, 0) is 56.1 Å². The van der Waals surface area contributed by atoms with Crippen molar-refractivity contribution in [2.45, 2.75) is 0 Å². The lowest BCUT2D eigenvalue weighted by Gasteiger charge is -1.99. The van der Waals surface area contributed by atoms with E-state index in [9.17, 15) is 9.18 Å². The number of hydrogen-bond donors (Lipinski definition) is 0. The second kappa shape index (κ2) is 5.18. The zero-order chi connectivity index (χ0) is 12.6. The molecule has 0 fully saturated rings. The molecule has 1 heterocycles. The van der Waals surface area contributed by atoms with Gasteiger partial charge >= 0.3 is 0 Å². The molecule has 6 heteroatoms. The van der Waals surface area contributed by atoms with E-state index in [-0.39, 0.29) is 5.78 Å². The molecule has 1 aromatic carbocycles. The van der Waals surface area contributed by atoms with Gasteiger partial charge in [0.1, 0.15) is 10.2 Å². The van der Waals surface area contributed by atoms with Crippen molar-refractivity contribution < 1.29 is 9.18 Å². The summed E-state index contributed by atoms with van der Waals surface area (Å²) in [5.41, 5.74) is 0.302. The average Bonchev–Trinajstić information content (AvgIpc) is 2.62. The molecule has 0 saturated carbocycles. The fourth-order valence-electron chi connectivity index (χ4n) is 1.24. The van der Waals surface area contributed by atoms with Gasteiger partial charge in [-0.2, -0.15) is 0 Å². The molecule has 1 nitrogen and oxygen atoms in total. The molecule has 2 aromatic rings. The quantitative estimate of drug-likeness (QED) is 0.628. The maximum atomic E-state index is 13.3. The Morgan fingerprint density at radius 2 is 1.94 bits per heavy atom. The van der Waals surface area contributed by atoms with Gasteiger partial charge < -0.3 is 0 Å². The maximum absolute atomic E-state index is 13.3. The van der Waals surface area contributed by atoms with Gasteiger partial charge in [0.25, 0.3) is 0 Å². The van der Waals surface area contributed by atoms with E-state index in [4.69, 9.17) is 11.6 Å². The topological polar surface area (TPSA) is 17.1 Å². The lowest BCUT2D eigenvalue weighted by Crippen LogP contribution is -1.99. The van der Waals surface area contributed by atoms with Crippen molar-refractivity contribution in [3.8, 4) is 0 Å². The summed E-state index contributed by atoms with van der Waals surface area (Å²) in [6.45, 7) is 0. The lowest BCUT2D eigenvalue weighted by molar-refractivity contribution is 0.104. The average molecular weight is 398 g/mol. The van der Waals surface area contributed by atoms with E-state index in [1.165, 1.54) is 12.1 Å². The predicted octanol–water partition coefficient (Wildman–Crippen LogP) is 5.30. The molecule has 1 aromatic heterocycles. The van der Waals surface area contributed by atoms with E-state index in [1.54, 1.807) is 12.1 Å². The summed E-state index contributed by atoms with van der Waals surface area (Å²) in [7, 11) is 0. The highest BCUT2D eigenvalue weighted by molar-refractivity contribution is 9.10. The van der Waals surface area contributed by atoms with Crippen LogP contribution in [0.2, 0.25) is 4.34 Å². The first-order valence-electron chi connectivity index (χ1n) is 4.43. The van der Waals surface area contributed by atoms with Crippen molar-refractivity contribution in [2.24, 2.45) is 0 Å². The normalized spacial score (nSPS) is 10.6. The minimum atomic E-state index is -0.461. The van der Waals surface area contributed by atoms with E-state index < -0.39 is 5.82 Å². The van der Waals surface area contributed by atoms with Crippen molar-refractivity contribution in [1.82, 2.24) is 0 Å². The number of carbonyl (C=O) groups excluding carboxylic acids is 1. The number of rotatable bonds is 2. The molecule has 0 aliphatic heterocycles. The Kier molecular flexibility index (Phi) is 4.02. The molecular formula is C11H4Br2ClFOS. The summed E-state index contributed by atoms with van der Waals surface area (Å²) >= 11 is 13.3. The van der Waals surface area contributed by atoms with Gasteiger partial charge in [-0.1, -0.05) is 11.6 Å². The Hall–Kier alpha value is -0.230. The predicted molar refractivity (Wildman–Crippen MR) is 74.6 cm³/mol. The van der Waals surface area contributed by atoms with Crippen LogP contribution in [-0.4, -0.2) is 5.78 Å². The number of carbonyl (C=O) groups is 1. The number of ketones is 1. The highest BCUT2D eigenvalue weighted by Crippen LogP contribution is 2.33. The maximum Gasteiger partial charge on any atom is 0.203 e. The van der Waals surface area contributed by atoms with Crippen LogP contribution in [0.4, 0.5) is 4.39 Å². The Bertz CT molecular complexity index is 578. The van der Waals surface area contributed by atoms with Crippen LogP contribution < -0.4 is 0 Å². The van der Waals surface area contributed by atoms with E-state index in [0.717, 1.165) is 11.3 Å². The van der Waals surface area contributed by atoms with Gasteiger partial charge in [0.15, 0.2) is 0 Å². The van der Waals surface area contributed by atoms with Gasteiger partial charge in [-0.15, -0.1) is 11.3 Å². The van der Waals surface area contributed by atoms with Crippen LogP contribution in [0.25, 0.3) is 0 Å².